The van der Waals surface area contributed by atoms with Gasteiger partial charge in [-0.05, 0) is 32.4 Å². The molecule has 2 N–H and O–H groups in total. The van der Waals surface area contributed by atoms with Crippen molar-refractivity contribution in [2.75, 3.05) is 11.9 Å². The maximum absolute atomic E-state index is 12.2. The summed E-state index contributed by atoms with van der Waals surface area (Å²) in [5.74, 6) is 1.86. The second-order valence-corrected chi connectivity index (χ2v) is 4.86. The van der Waals surface area contributed by atoms with E-state index < -0.39 is 0 Å². The van der Waals surface area contributed by atoms with Gasteiger partial charge in [0.25, 0.3) is 5.91 Å². The van der Waals surface area contributed by atoms with Crippen LogP contribution < -0.4 is 10.6 Å². The van der Waals surface area contributed by atoms with E-state index in [-0.39, 0.29) is 17.6 Å². The smallest absolute Gasteiger partial charge is 0.272 e. The summed E-state index contributed by atoms with van der Waals surface area (Å²) in [6.45, 7) is 6.58. The van der Waals surface area contributed by atoms with Crippen molar-refractivity contribution in [2.45, 2.75) is 33.2 Å². The second-order valence-electron chi connectivity index (χ2n) is 4.86. The van der Waals surface area contributed by atoms with Gasteiger partial charge in [-0.15, -0.1) is 0 Å². The lowest BCUT2D eigenvalue weighted by atomic mass is 10.2. The molecule has 0 spiro atoms. The van der Waals surface area contributed by atoms with Crippen molar-refractivity contribution in [3.63, 3.8) is 0 Å². The van der Waals surface area contributed by atoms with Crippen LogP contribution in [0.3, 0.4) is 0 Å². The summed E-state index contributed by atoms with van der Waals surface area (Å²) in [4.78, 5) is 20.5. The van der Waals surface area contributed by atoms with Crippen LogP contribution in [0.2, 0.25) is 0 Å². The molecule has 2 aromatic rings. The van der Waals surface area contributed by atoms with E-state index in [0.717, 1.165) is 18.7 Å². The monoisotopic (exact) mass is 288 g/mol. The highest BCUT2D eigenvalue weighted by molar-refractivity contribution is 5.92. The molecule has 21 heavy (non-hydrogen) atoms. The van der Waals surface area contributed by atoms with Gasteiger partial charge in [0.05, 0.1) is 18.4 Å². The van der Waals surface area contributed by atoms with Crippen molar-refractivity contribution < 1.29 is 9.21 Å². The van der Waals surface area contributed by atoms with E-state index in [1.165, 1.54) is 6.20 Å². The van der Waals surface area contributed by atoms with Crippen LogP contribution in [0.4, 0.5) is 5.82 Å². The molecule has 0 aromatic carbocycles. The van der Waals surface area contributed by atoms with Gasteiger partial charge in [-0.2, -0.15) is 0 Å². The van der Waals surface area contributed by atoms with Crippen molar-refractivity contribution in [1.82, 2.24) is 15.3 Å². The molecule has 1 amide bonds. The lowest BCUT2D eigenvalue weighted by molar-refractivity contribution is 0.0929. The highest BCUT2D eigenvalue weighted by atomic mass is 16.3. The normalized spacial score (nSPS) is 12.0. The summed E-state index contributed by atoms with van der Waals surface area (Å²) in [6, 6.07) is 3.50. The molecule has 112 valence electrons. The molecule has 0 aliphatic heterocycles. The van der Waals surface area contributed by atoms with Crippen LogP contribution in [-0.2, 0) is 0 Å². The van der Waals surface area contributed by atoms with Gasteiger partial charge in [0.15, 0.2) is 0 Å². The average molecular weight is 288 g/mol. The lowest BCUT2D eigenvalue weighted by Gasteiger charge is -2.11. The van der Waals surface area contributed by atoms with Crippen molar-refractivity contribution >= 4 is 11.7 Å². The zero-order chi connectivity index (χ0) is 15.2. The molecule has 2 heterocycles. The van der Waals surface area contributed by atoms with Gasteiger partial charge in [0.1, 0.15) is 23.0 Å². The predicted octanol–water partition coefficient (Wildman–Crippen LogP) is 2.69. The largest absolute Gasteiger partial charge is 0.464 e. The fourth-order valence-electron chi connectivity index (χ4n) is 1.84. The molecule has 0 aliphatic carbocycles. The number of carbonyl (C=O) groups is 1. The molecule has 0 bridgehead atoms. The molecule has 6 heteroatoms. The number of aryl methyl sites for hydroxylation is 1. The Morgan fingerprint density at radius 3 is 2.86 bits per heavy atom. The second kappa shape index (κ2) is 6.88. The van der Waals surface area contributed by atoms with Crippen molar-refractivity contribution in [1.29, 1.82) is 0 Å². The SMILES string of the molecule is CCCNc1cncc(C(=O)NC(C)c2ccc(C)o2)n1. The Morgan fingerprint density at radius 1 is 1.38 bits per heavy atom. The lowest BCUT2D eigenvalue weighted by Crippen LogP contribution is -2.27. The minimum absolute atomic E-state index is 0.222. The number of carbonyl (C=O) groups excluding carboxylic acids is 1. The van der Waals surface area contributed by atoms with Crippen molar-refractivity contribution in [2.24, 2.45) is 0 Å². The van der Waals surface area contributed by atoms with Crippen LogP contribution in [0.5, 0.6) is 0 Å². The summed E-state index contributed by atoms with van der Waals surface area (Å²) in [7, 11) is 0. The molecule has 1 unspecified atom stereocenters. The van der Waals surface area contributed by atoms with Gasteiger partial charge >= 0.3 is 0 Å². The molecule has 6 nitrogen and oxygen atoms in total. The van der Waals surface area contributed by atoms with Crippen LogP contribution in [0.25, 0.3) is 0 Å². The van der Waals surface area contributed by atoms with Gasteiger partial charge in [-0.25, -0.2) is 4.98 Å². The summed E-state index contributed by atoms with van der Waals surface area (Å²) >= 11 is 0. The Hall–Kier alpha value is -2.37. The number of nitrogens with zero attached hydrogens (tertiary/aromatic N) is 2. The van der Waals surface area contributed by atoms with E-state index in [0.29, 0.717) is 11.6 Å². The van der Waals surface area contributed by atoms with Crippen LogP contribution >= 0.6 is 0 Å². The number of furan rings is 1. The fraction of sp³-hybridized carbons (Fsp3) is 0.400. The van der Waals surface area contributed by atoms with Crippen LogP contribution in [0.1, 0.15) is 48.3 Å². The van der Waals surface area contributed by atoms with Crippen LogP contribution in [-0.4, -0.2) is 22.4 Å². The van der Waals surface area contributed by atoms with Crippen molar-refractivity contribution in [3.8, 4) is 0 Å². The number of anilines is 1. The number of amides is 1. The van der Waals surface area contributed by atoms with E-state index >= 15 is 0 Å². The summed E-state index contributed by atoms with van der Waals surface area (Å²) in [5, 5.41) is 5.95. The van der Waals surface area contributed by atoms with Gasteiger partial charge in [0.2, 0.25) is 0 Å². The maximum atomic E-state index is 12.2. The molecule has 1 atom stereocenters. The predicted molar refractivity (Wildman–Crippen MR) is 80.1 cm³/mol. The molecular weight excluding hydrogens is 268 g/mol. The molecule has 0 saturated heterocycles. The van der Waals surface area contributed by atoms with Gasteiger partial charge in [-0.3, -0.25) is 9.78 Å². The Kier molecular flexibility index (Phi) is 4.92. The minimum atomic E-state index is -0.274. The first-order chi connectivity index (χ1) is 10.1. The standard InChI is InChI=1S/C15H20N4O2/c1-4-7-17-14-9-16-8-12(19-14)15(20)18-11(3)13-6-5-10(2)21-13/h5-6,8-9,11H,4,7H2,1-3H3,(H,17,19)(H,18,20). The first-order valence-electron chi connectivity index (χ1n) is 7.03. The summed E-state index contributed by atoms with van der Waals surface area (Å²) in [6.07, 6.45) is 4.03. The van der Waals surface area contributed by atoms with Gasteiger partial charge in [-0.1, -0.05) is 6.92 Å². The molecule has 0 saturated carbocycles. The highest BCUT2D eigenvalue weighted by Gasteiger charge is 2.15. The van der Waals surface area contributed by atoms with Crippen LogP contribution in [0, 0.1) is 6.92 Å². The van der Waals surface area contributed by atoms with Gasteiger partial charge in [0, 0.05) is 6.54 Å². The molecule has 0 fully saturated rings. The zero-order valence-electron chi connectivity index (χ0n) is 12.5. The van der Waals surface area contributed by atoms with E-state index in [1.807, 2.05) is 26.0 Å². The van der Waals surface area contributed by atoms with E-state index in [9.17, 15) is 4.79 Å². The number of hydrogen-bond acceptors (Lipinski definition) is 5. The maximum Gasteiger partial charge on any atom is 0.272 e. The quantitative estimate of drug-likeness (QED) is 0.854. The van der Waals surface area contributed by atoms with E-state index in [2.05, 4.69) is 27.5 Å². The molecular formula is C15H20N4O2. The summed E-state index contributed by atoms with van der Waals surface area (Å²) in [5.41, 5.74) is 0.284. The fourth-order valence-corrected chi connectivity index (χ4v) is 1.84. The summed E-state index contributed by atoms with van der Waals surface area (Å²) < 4.78 is 5.50. The molecule has 0 radical (unpaired) electrons. The molecule has 2 rings (SSSR count). The first-order valence-corrected chi connectivity index (χ1v) is 7.03. The van der Waals surface area contributed by atoms with E-state index in [1.54, 1.807) is 6.20 Å². The minimum Gasteiger partial charge on any atom is -0.464 e. The number of aromatic nitrogens is 2. The Bertz CT molecular complexity index is 609. The Labute approximate surface area is 124 Å². The third-order valence-electron chi connectivity index (χ3n) is 2.96. The number of hydrogen-bond donors (Lipinski definition) is 2. The number of rotatable bonds is 6. The van der Waals surface area contributed by atoms with Crippen molar-refractivity contribution in [3.05, 3.63) is 41.7 Å². The Morgan fingerprint density at radius 2 is 2.19 bits per heavy atom. The topological polar surface area (TPSA) is 80.0 Å². The molecule has 0 aliphatic rings. The zero-order valence-corrected chi connectivity index (χ0v) is 12.5. The first kappa shape index (κ1) is 15.0. The average Bonchev–Trinajstić information content (AvgIpc) is 2.92. The van der Waals surface area contributed by atoms with Crippen LogP contribution in [0.15, 0.2) is 28.9 Å². The third-order valence-corrected chi connectivity index (χ3v) is 2.96. The van der Waals surface area contributed by atoms with Gasteiger partial charge < -0.3 is 15.1 Å². The van der Waals surface area contributed by atoms with E-state index in [4.69, 9.17) is 4.42 Å². The number of nitrogens with one attached hydrogen (secondary N) is 2. The third kappa shape index (κ3) is 4.05. The Balaban J connectivity index is 2.02. The highest BCUT2D eigenvalue weighted by Crippen LogP contribution is 2.16. The molecule has 2 aromatic heterocycles.